The lowest BCUT2D eigenvalue weighted by Gasteiger charge is -2.44. The zero-order valence-corrected chi connectivity index (χ0v) is 20.3. The van der Waals surface area contributed by atoms with E-state index in [2.05, 4.69) is 34.4 Å². The molecule has 2 aliphatic rings. The van der Waals surface area contributed by atoms with Crippen LogP contribution in [0.15, 0.2) is 30.6 Å². The highest BCUT2D eigenvalue weighted by molar-refractivity contribution is 5.99. The molecular weight excluding hydrogens is 467 g/mol. The molecule has 1 saturated carbocycles. The second-order valence-electron chi connectivity index (χ2n) is 9.59. The van der Waals surface area contributed by atoms with Crippen LogP contribution in [0.4, 0.5) is 20.7 Å². The van der Waals surface area contributed by atoms with Gasteiger partial charge in [0.25, 0.3) is 5.91 Å². The van der Waals surface area contributed by atoms with Gasteiger partial charge in [0.15, 0.2) is 12.4 Å². The van der Waals surface area contributed by atoms with Gasteiger partial charge in [0, 0.05) is 28.9 Å². The molecule has 3 heterocycles. The summed E-state index contributed by atoms with van der Waals surface area (Å²) in [4.78, 5) is 32.6. The van der Waals surface area contributed by atoms with E-state index in [9.17, 15) is 9.59 Å². The number of nitrogens with one attached hydrogen (secondary N) is 2. The van der Waals surface area contributed by atoms with Gasteiger partial charge in [0.2, 0.25) is 5.88 Å². The Kier molecular flexibility index (Phi) is 6.11. The molecule has 1 fully saturated rings. The first-order valence-electron chi connectivity index (χ1n) is 11.9. The van der Waals surface area contributed by atoms with Crippen molar-refractivity contribution < 1.29 is 28.2 Å². The smallest absolute Gasteiger partial charge is 0.413 e. The van der Waals surface area contributed by atoms with Gasteiger partial charge in [-0.15, -0.1) is 0 Å². The van der Waals surface area contributed by atoms with E-state index in [4.69, 9.17) is 14.2 Å². The second kappa shape index (κ2) is 9.25. The molecule has 10 heteroatoms. The average molecular weight is 495 g/mol. The van der Waals surface area contributed by atoms with Crippen molar-refractivity contribution >= 4 is 34.3 Å². The van der Waals surface area contributed by atoms with Gasteiger partial charge in [-0.25, -0.2) is 19.2 Å². The van der Waals surface area contributed by atoms with Gasteiger partial charge >= 0.3 is 6.09 Å². The fraction of sp³-hybridized carbons (Fsp3) is 0.385. The molecule has 0 spiro atoms. The second-order valence-corrected chi connectivity index (χ2v) is 9.59. The molecule has 36 heavy (non-hydrogen) atoms. The molecule has 188 valence electrons. The minimum Gasteiger partial charge on any atom is -0.494 e. The quantitative estimate of drug-likeness (QED) is 0.479. The fourth-order valence-electron chi connectivity index (χ4n) is 5.07. The molecule has 1 aliphatic heterocycles. The topological polar surface area (TPSA) is 112 Å². The summed E-state index contributed by atoms with van der Waals surface area (Å²) in [6.07, 6.45) is 6.17. The molecule has 0 radical (unpaired) electrons. The van der Waals surface area contributed by atoms with Gasteiger partial charge < -0.3 is 19.5 Å². The number of carbonyl (C=O) groups excluding carboxylic acids is 2. The lowest BCUT2D eigenvalue weighted by molar-refractivity contribution is -0.118. The van der Waals surface area contributed by atoms with Gasteiger partial charge in [-0.1, -0.05) is 20.3 Å². The summed E-state index contributed by atoms with van der Waals surface area (Å²) in [5.41, 5.74) is 1.03. The Morgan fingerprint density at radius 2 is 2.03 bits per heavy atom. The Morgan fingerprint density at radius 1 is 1.22 bits per heavy atom. The molecule has 0 atom stereocenters. The van der Waals surface area contributed by atoms with Crippen molar-refractivity contribution in [3.05, 3.63) is 36.4 Å². The molecular formula is C26H27FN4O5. The van der Waals surface area contributed by atoms with Crippen LogP contribution in [-0.2, 0) is 9.53 Å². The Morgan fingerprint density at radius 3 is 2.78 bits per heavy atom. The molecule has 5 rings (SSSR count). The number of hydrogen-bond donors (Lipinski definition) is 2. The van der Waals surface area contributed by atoms with E-state index < -0.39 is 11.9 Å². The Balaban J connectivity index is 1.39. The highest BCUT2D eigenvalue weighted by Crippen LogP contribution is 2.46. The van der Waals surface area contributed by atoms with E-state index in [1.165, 1.54) is 25.6 Å². The summed E-state index contributed by atoms with van der Waals surface area (Å²) in [5.74, 6) is -0.154. The van der Waals surface area contributed by atoms with Crippen LogP contribution in [0.25, 0.3) is 21.9 Å². The number of methoxy groups -OCH3 is 1. The standard InChI is InChI=1S/C26H27FN4O5/c1-4-5-26(2)9-16(10-26)36-25(33)30-20-8-14-6-17(19(27)7-15(14)11-28-20)18-12-29-24-22(23(18)34-3)31-21(32)13-35-24/h6-8,11-12,16H,4-5,9-10,13H2,1-3H3,(H,31,32)(H,28,30,33). The van der Waals surface area contributed by atoms with Crippen LogP contribution < -0.4 is 20.1 Å². The van der Waals surface area contributed by atoms with Crippen molar-refractivity contribution in [1.29, 1.82) is 0 Å². The monoisotopic (exact) mass is 494 g/mol. The van der Waals surface area contributed by atoms with Crippen molar-refractivity contribution in [2.24, 2.45) is 5.41 Å². The number of pyridine rings is 2. The molecule has 1 aromatic carbocycles. The summed E-state index contributed by atoms with van der Waals surface area (Å²) < 4.78 is 31.5. The minimum absolute atomic E-state index is 0.101. The maximum atomic E-state index is 15.1. The van der Waals surface area contributed by atoms with Crippen molar-refractivity contribution in [2.45, 2.75) is 45.6 Å². The number of carbonyl (C=O) groups is 2. The molecule has 0 unspecified atom stereocenters. The molecule has 2 amide bonds. The molecule has 1 aliphatic carbocycles. The van der Waals surface area contributed by atoms with Crippen LogP contribution in [0.2, 0.25) is 0 Å². The highest BCUT2D eigenvalue weighted by atomic mass is 19.1. The SMILES string of the molecule is CCCC1(C)CC(OC(=O)Nc2cc3cc(-c4cnc5c(c4OC)NC(=O)CO5)c(F)cc3cn2)C1. The fourth-order valence-corrected chi connectivity index (χ4v) is 5.07. The van der Waals surface area contributed by atoms with E-state index >= 15 is 4.39 Å². The van der Waals surface area contributed by atoms with E-state index in [0.717, 1.165) is 25.7 Å². The van der Waals surface area contributed by atoms with Crippen molar-refractivity contribution in [2.75, 3.05) is 24.4 Å². The van der Waals surface area contributed by atoms with E-state index in [-0.39, 0.29) is 52.7 Å². The van der Waals surface area contributed by atoms with Crippen molar-refractivity contribution in [3.8, 4) is 22.8 Å². The van der Waals surface area contributed by atoms with Crippen LogP contribution in [0.5, 0.6) is 11.6 Å². The normalized spacial score (nSPS) is 20.6. The maximum absolute atomic E-state index is 15.1. The third kappa shape index (κ3) is 4.50. The number of ether oxygens (including phenoxy) is 3. The number of nitrogens with zero attached hydrogens (tertiary/aromatic N) is 2. The number of benzene rings is 1. The third-order valence-corrected chi connectivity index (χ3v) is 6.70. The van der Waals surface area contributed by atoms with Crippen LogP contribution in [0.1, 0.15) is 39.5 Å². The number of fused-ring (bicyclic) bond motifs is 2. The number of rotatable bonds is 6. The van der Waals surface area contributed by atoms with Crippen LogP contribution in [-0.4, -0.2) is 41.8 Å². The first-order chi connectivity index (χ1) is 17.3. The number of anilines is 2. The van der Waals surface area contributed by atoms with Crippen LogP contribution >= 0.6 is 0 Å². The van der Waals surface area contributed by atoms with Gasteiger partial charge in [0.1, 0.15) is 23.4 Å². The zero-order valence-electron chi connectivity index (χ0n) is 20.3. The number of hydrogen-bond acceptors (Lipinski definition) is 7. The van der Waals surface area contributed by atoms with E-state index in [1.807, 2.05) is 0 Å². The predicted octanol–water partition coefficient (Wildman–Crippen LogP) is 5.29. The van der Waals surface area contributed by atoms with Gasteiger partial charge in [-0.3, -0.25) is 10.1 Å². The zero-order chi connectivity index (χ0) is 25.4. The molecule has 9 nitrogen and oxygen atoms in total. The lowest BCUT2D eigenvalue weighted by atomic mass is 9.66. The summed E-state index contributed by atoms with van der Waals surface area (Å²) >= 11 is 0. The number of aromatic nitrogens is 2. The minimum atomic E-state index is -0.566. The summed E-state index contributed by atoms with van der Waals surface area (Å²) in [6.45, 7) is 4.21. The third-order valence-electron chi connectivity index (χ3n) is 6.70. The van der Waals surface area contributed by atoms with Gasteiger partial charge in [-0.05, 0) is 48.3 Å². The summed E-state index contributed by atoms with van der Waals surface area (Å²) in [6, 6.07) is 4.60. The van der Waals surface area contributed by atoms with E-state index in [0.29, 0.717) is 16.3 Å². The Labute approximate surface area is 207 Å². The predicted molar refractivity (Wildman–Crippen MR) is 132 cm³/mol. The molecule has 2 N–H and O–H groups in total. The van der Waals surface area contributed by atoms with Gasteiger partial charge in [0.05, 0.1) is 7.11 Å². The van der Waals surface area contributed by atoms with Gasteiger partial charge in [-0.2, -0.15) is 0 Å². The van der Waals surface area contributed by atoms with Crippen LogP contribution in [0, 0.1) is 11.2 Å². The molecule has 2 aromatic heterocycles. The molecule has 0 bridgehead atoms. The largest absolute Gasteiger partial charge is 0.494 e. The molecule has 3 aromatic rings. The Bertz CT molecular complexity index is 1360. The summed E-state index contributed by atoms with van der Waals surface area (Å²) in [7, 11) is 1.42. The molecule has 0 saturated heterocycles. The summed E-state index contributed by atoms with van der Waals surface area (Å²) in [5, 5.41) is 6.52. The lowest BCUT2D eigenvalue weighted by Crippen LogP contribution is -2.42. The average Bonchev–Trinajstić information content (AvgIpc) is 2.82. The highest BCUT2D eigenvalue weighted by Gasteiger charge is 2.41. The Hall–Kier alpha value is -3.95. The van der Waals surface area contributed by atoms with E-state index in [1.54, 1.807) is 12.1 Å². The number of amides is 2. The van der Waals surface area contributed by atoms with Crippen molar-refractivity contribution in [1.82, 2.24) is 9.97 Å². The first-order valence-corrected chi connectivity index (χ1v) is 11.9. The number of halogens is 1. The van der Waals surface area contributed by atoms with Crippen molar-refractivity contribution in [3.63, 3.8) is 0 Å². The maximum Gasteiger partial charge on any atom is 0.413 e. The van der Waals surface area contributed by atoms with Crippen LogP contribution in [0.3, 0.4) is 0 Å². The first kappa shape index (κ1) is 23.8.